The third kappa shape index (κ3) is 4.11. The van der Waals surface area contributed by atoms with E-state index >= 15 is 0 Å². The Morgan fingerprint density at radius 2 is 1.50 bits per heavy atom. The highest BCUT2D eigenvalue weighted by Crippen LogP contribution is 2.36. The zero-order valence-electron chi connectivity index (χ0n) is 16.7. The fraction of sp³-hybridized carbons (Fsp3) is 0.0833. The Labute approximate surface area is 197 Å². The number of nitrogens with zero attached hydrogens (tertiary/aromatic N) is 2. The third-order valence-corrected chi connectivity index (χ3v) is 6.77. The van der Waals surface area contributed by atoms with Crippen molar-refractivity contribution in [3.8, 4) is 11.1 Å². The molecule has 158 valence electrons. The van der Waals surface area contributed by atoms with Gasteiger partial charge in [0.2, 0.25) is 11.8 Å². The van der Waals surface area contributed by atoms with Crippen molar-refractivity contribution < 1.29 is 9.59 Å². The number of amides is 2. The second-order valence-corrected chi connectivity index (χ2v) is 9.41. The van der Waals surface area contributed by atoms with Gasteiger partial charge in [-0.1, -0.05) is 76.2 Å². The van der Waals surface area contributed by atoms with Gasteiger partial charge in [0, 0.05) is 27.7 Å². The first-order valence-corrected chi connectivity index (χ1v) is 11.6. The van der Waals surface area contributed by atoms with Crippen molar-refractivity contribution in [1.82, 2.24) is 5.32 Å². The molecule has 0 radical (unpaired) electrons. The van der Waals surface area contributed by atoms with E-state index in [-0.39, 0.29) is 18.2 Å². The number of halogens is 1. The average molecular weight is 505 g/mol. The van der Waals surface area contributed by atoms with Gasteiger partial charge >= 0.3 is 0 Å². The Morgan fingerprint density at radius 1 is 0.906 bits per heavy atom. The number of hydrogen-bond donors (Lipinski definition) is 2. The van der Waals surface area contributed by atoms with Gasteiger partial charge in [0.1, 0.15) is 11.0 Å². The zero-order chi connectivity index (χ0) is 22.1. The molecule has 1 aliphatic heterocycles. The SMILES string of the molecule is O=C(C[C@@H]1S/C(=N\N=C2c3ccccc3-c3ccccc32)NC1=O)Nc1ccc(Br)cc1. The molecule has 3 aromatic rings. The molecular weight excluding hydrogens is 488 g/mol. The van der Waals surface area contributed by atoms with Crippen LogP contribution in [-0.2, 0) is 9.59 Å². The van der Waals surface area contributed by atoms with E-state index in [4.69, 9.17) is 0 Å². The number of benzene rings is 3. The molecule has 0 spiro atoms. The molecule has 32 heavy (non-hydrogen) atoms. The van der Waals surface area contributed by atoms with Crippen molar-refractivity contribution in [2.75, 3.05) is 5.32 Å². The first kappa shape index (κ1) is 20.7. The summed E-state index contributed by atoms with van der Waals surface area (Å²) in [5, 5.41) is 14.2. The number of fused-ring (bicyclic) bond motifs is 3. The number of carbonyl (C=O) groups is 2. The van der Waals surface area contributed by atoms with Crippen LogP contribution in [0.3, 0.4) is 0 Å². The molecule has 0 unspecified atom stereocenters. The van der Waals surface area contributed by atoms with Crippen molar-refractivity contribution in [1.29, 1.82) is 0 Å². The molecule has 0 bridgehead atoms. The molecular formula is C24H17BrN4O2S. The number of carbonyl (C=O) groups excluding carboxylic acids is 2. The summed E-state index contributed by atoms with van der Waals surface area (Å²) in [6, 6.07) is 23.4. The normalized spacial score (nSPS) is 17.7. The van der Waals surface area contributed by atoms with Gasteiger partial charge in [0.25, 0.3) is 0 Å². The number of anilines is 1. The molecule has 5 rings (SSSR count). The van der Waals surface area contributed by atoms with Crippen LogP contribution in [0.1, 0.15) is 17.5 Å². The van der Waals surface area contributed by atoms with E-state index < -0.39 is 5.25 Å². The Morgan fingerprint density at radius 3 is 2.12 bits per heavy atom. The first-order chi connectivity index (χ1) is 15.6. The molecule has 0 saturated carbocycles. The number of nitrogens with one attached hydrogen (secondary N) is 2. The summed E-state index contributed by atoms with van der Waals surface area (Å²) in [7, 11) is 0. The minimum Gasteiger partial charge on any atom is -0.326 e. The van der Waals surface area contributed by atoms with Crippen LogP contribution in [0.5, 0.6) is 0 Å². The predicted molar refractivity (Wildman–Crippen MR) is 132 cm³/mol. The summed E-state index contributed by atoms with van der Waals surface area (Å²) in [6.07, 6.45) is 0.0494. The molecule has 2 amide bonds. The predicted octanol–water partition coefficient (Wildman–Crippen LogP) is 4.80. The molecule has 2 N–H and O–H groups in total. The first-order valence-electron chi connectivity index (χ1n) is 9.96. The lowest BCUT2D eigenvalue weighted by Gasteiger charge is -2.07. The minimum absolute atomic E-state index is 0.0494. The molecule has 6 nitrogen and oxygen atoms in total. The molecule has 1 aliphatic carbocycles. The largest absolute Gasteiger partial charge is 0.326 e. The molecule has 3 aromatic carbocycles. The van der Waals surface area contributed by atoms with Crippen molar-refractivity contribution in [2.24, 2.45) is 10.2 Å². The maximum atomic E-state index is 12.4. The van der Waals surface area contributed by atoms with E-state index in [0.717, 1.165) is 32.4 Å². The summed E-state index contributed by atoms with van der Waals surface area (Å²) in [6.45, 7) is 0. The fourth-order valence-corrected chi connectivity index (χ4v) is 4.88. The molecule has 8 heteroatoms. The van der Waals surface area contributed by atoms with Crippen LogP contribution in [0.25, 0.3) is 11.1 Å². The number of hydrogen-bond acceptors (Lipinski definition) is 5. The maximum absolute atomic E-state index is 12.4. The highest BCUT2D eigenvalue weighted by molar-refractivity contribution is 9.10. The van der Waals surface area contributed by atoms with Gasteiger partial charge in [-0.15, -0.1) is 10.2 Å². The minimum atomic E-state index is -0.549. The standard InChI is InChI=1S/C24H17BrN4O2S/c25-14-9-11-15(12-10-14)26-21(30)13-20-23(31)27-24(32-20)29-28-22-18-7-3-1-5-16(18)17-6-2-4-8-19(17)22/h1-12,20H,13H2,(H,26,30)(H,27,29,31)/t20-/m0/s1. The van der Waals surface area contributed by atoms with Gasteiger partial charge in [-0.05, 0) is 35.4 Å². The van der Waals surface area contributed by atoms with Crippen LogP contribution in [0, 0.1) is 0 Å². The lowest BCUT2D eigenvalue weighted by atomic mass is 10.1. The average Bonchev–Trinajstić information content (AvgIpc) is 3.31. The van der Waals surface area contributed by atoms with E-state index in [1.54, 1.807) is 12.1 Å². The fourth-order valence-electron chi connectivity index (χ4n) is 3.70. The van der Waals surface area contributed by atoms with Crippen LogP contribution in [-0.4, -0.2) is 27.9 Å². The van der Waals surface area contributed by atoms with Crippen LogP contribution >= 0.6 is 27.7 Å². The molecule has 1 fully saturated rings. The summed E-state index contributed by atoms with van der Waals surface area (Å²) in [4.78, 5) is 24.7. The summed E-state index contributed by atoms with van der Waals surface area (Å²) in [5.74, 6) is -0.474. The van der Waals surface area contributed by atoms with Crippen molar-refractivity contribution >= 4 is 56.1 Å². The van der Waals surface area contributed by atoms with E-state index in [0.29, 0.717) is 10.9 Å². The van der Waals surface area contributed by atoms with Crippen molar-refractivity contribution in [3.05, 3.63) is 88.4 Å². The molecule has 1 heterocycles. The van der Waals surface area contributed by atoms with E-state index in [2.05, 4.69) is 48.9 Å². The maximum Gasteiger partial charge on any atom is 0.240 e. The van der Waals surface area contributed by atoms with Gasteiger partial charge in [0.05, 0.1) is 0 Å². The molecule has 1 saturated heterocycles. The van der Waals surface area contributed by atoms with Gasteiger partial charge in [-0.25, -0.2) is 0 Å². The highest BCUT2D eigenvalue weighted by Gasteiger charge is 2.32. The lowest BCUT2D eigenvalue weighted by Crippen LogP contribution is -2.28. The van der Waals surface area contributed by atoms with Crippen LogP contribution in [0.4, 0.5) is 5.69 Å². The van der Waals surface area contributed by atoms with Crippen molar-refractivity contribution in [2.45, 2.75) is 11.7 Å². The van der Waals surface area contributed by atoms with E-state index in [1.807, 2.05) is 48.5 Å². The highest BCUT2D eigenvalue weighted by atomic mass is 79.9. The van der Waals surface area contributed by atoms with Gasteiger partial charge < -0.3 is 10.6 Å². The Hall–Kier alpha value is -3.23. The zero-order valence-corrected chi connectivity index (χ0v) is 19.1. The van der Waals surface area contributed by atoms with Crippen molar-refractivity contribution in [3.63, 3.8) is 0 Å². The van der Waals surface area contributed by atoms with Gasteiger partial charge in [-0.2, -0.15) is 0 Å². The van der Waals surface area contributed by atoms with Crippen LogP contribution in [0.15, 0.2) is 87.5 Å². The van der Waals surface area contributed by atoms with E-state index in [9.17, 15) is 9.59 Å². The topological polar surface area (TPSA) is 82.9 Å². The number of thioether (sulfide) groups is 1. The monoisotopic (exact) mass is 504 g/mol. The smallest absolute Gasteiger partial charge is 0.240 e. The molecule has 2 aliphatic rings. The summed E-state index contributed by atoms with van der Waals surface area (Å²) in [5.41, 5.74) is 5.71. The van der Waals surface area contributed by atoms with E-state index in [1.165, 1.54) is 11.8 Å². The second-order valence-electron chi connectivity index (χ2n) is 7.30. The lowest BCUT2D eigenvalue weighted by molar-refractivity contribution is -0.122. The Kier molecular flexibility index (Phi) is 5.63. The number of amidine groups is 1. The van der Waals surface area contributed by atoms with Gasteiger partial charge in [0.15, 0.2) is 5.17 Å². The van der Waals surface area contributed by atoms with Crippen LogP contribution < -0.4 is 10.6 Å². The quantitative estimate of drug-likeness (QED) is 0.391. The third-order valence-electron chi connectivity index (χ3n) is 5.17. The second kappa shape index (κ2) is 8.72. The molecule has 0 aromatic heterocycles. The summed E-state index contributed by atoms with van der Waals surface area (Å²) >= 11 is 4.58. The van der Waals surface area contributed by atoms with Crippen LogP contribution in [0.2, 0.25) is 0 Å². The molecule has 1 atom stereocenters. The Balaban J connectivity index is 1.31. The van der Waals surface area contributed by atoms with Gasteiger partial charge in [-0.3, -0.25) is 9.59 Å². The summed E-state index contributed by atoms with van der Waals surface area (Å²) < 4.78 is 0.927. The Bertz CT molecular complexity index is 1240. The number of rotatable bonds is 4.